The number of primary amides is 1. The summed E-state index contributed by atoms with van der Waals surface area (Å²) < 4.78 is 31.7. The summed E-state index contributed by atoms with van der Waals surface area (Å²) in [5, 5.41) is 7.12. The van der Waals surface area contributed by atoms with E-state index in [1.165, 1.54) is 25.4 Å². The summed E-state index contributed by atoms with van der Waals surface area (Å²) in [6.07, 6.45) is -2.22. The molecule has 1 aromatic heterocycles. The summed E-state index contributed by atoms with van der Waals surface area (Å²) >= 11 is 0. The predicted octanol–water partition coefficient (Wildman–Crippen LogP) is 0.100. The topological polar surface area (TPSA) is 136 Å². The second-order valence-corrected chi connectivity index (χ2v) is 3.94. The highest BCUT2D eigenvalue weighted by Gasteiger charge is 2.38. The van der Waals surface area contributed by atoms with Gasteiger partial charge in [-0.2, -0.15) is 13.2 Å². The van der Waals surface area contributed by atoms with Gasteiger partial charge >= 0.3 is 12.1 Å². The maximum absolute atomic E-state index is 11.6. The fourth-order valence-electron chi connectivity index (χ4n) is 0.909. The third-order valence-corrected chi connectivity index (χ3v) is 2.15. The average molecular weight is 307 g/mol. The zero-order valence-electron chi connectivity index (χ0n) is 10.7. The minimum absolute atomic E-state index is 0.274. The van der Waals surface area contributed by atoms with Crippen molar-refractivity contribution in [1.82, 2.24) is 4.98 Å². The van der Waals surface area contributed by atoms with E-state index in [4.69, 9.17) is 21.4 Å². The van der Waals surface area contributed by atoms with Gasteiger partial charge in [-0.05, 0) is 19.1 Å². The molecular weight excluding hydrogens is 295 g/mol. The Hall–Kier alpha value is -2.49. The number of alkyl halides is 3. The molecule has 1 heterocycles. The van der Waals surface area contributed by atoms with Gasteiger partial charge in [0.1, 0.15) is 0 Å². The highest BCUT2D eigenvalue weighted by Crippen LogP contribution is 2.13. The largest absolute Gasteiger partial charge is 0.490 e. The molecular formula is C11H12F3N3O4. The average Bonchev–Trinajstić information content (AvgIpc) is 2.38. The van der Waals surface area contributed by atoms with E-state index in [2.05, 4.69) is 4.98 Å². The van der Waals surface area contributed by atoms with E-state index in [-0.39, 0.29) is 5.56 Å². The number of halogens is 3. The summed E-state index contributed by atoms with van der Waals surface area (Å²) in [7, 11) is 0. The van der Waals surface area contributed by atoms with Crippen LogP contribution < -0.4 is 11.5 Å². The van der Waals surface area contributed by atoms with Gasteiger partial charge in [-0.15, -0.1) is 0 Å². The summed E-state index contributed by atoms with van der Waals surface area (Å²) in [5.41, 5.74) is 9.08. The number of carboxylic acids is 1. The van der Waals surface area contributed by atoms with Gasteiger partial charge in [0.05, 0.1) is 0 Å². The molecule has 0 saturated heterocycles. The Balaban J connectivity index is 0.000000486. The molecule has 5 N–H and O–H groups in total. The third-order valence-electron chi connectivity index (χ3n) is 2.15. The maximum Gasteiger partial charge on any atom is 0.490 e. The number of nitrogens with zero attached hydrogens (tertiary/aromatic N) is 1. The van der Waals surface area contributed by atoms with E-state index in [1.807, 2.05) is 0 Å². The molecule has 21 heavy (non-hydrogen) atoms. The number of carbonyl (C=O) groups excluding carboxylic acids is 2. The lowest BCUT2D eigenvalue weighted by molar-refractivity contribution is -0.192. The number of ketones is 1. The first-order chi connectivity index (χ1) is 9.40. The van der Waals surface area contributed by atoms with Crippen LogP contribution in [0.4, 0.5) is 13.2 Å². The molecule has 0 saturated carbocycles. The number of aliphatic carboxylic acids is 1. The number of rotatable bonds is 3. The zero-order valence-corrected chi connectivity index (χ0v) is 10.7. The van der Waals surface area contributed by atoms with Gasteiger partial charge in [0.2, 0.25) is 5.91 Å². The molecule has 1 aromatic rings. The molecule has 0 aliphatic rings. The van der Waals surface area contributed by atoms with Crippen molar-refractivity contribution in [3.63, 3.8) is 0 Å². The summed E-state index contributed by atoms with van der Waals surface area (Å²) in [6, 6.07) is 3.12. The lowest BCUT2D eigenvalue weighted by Gasteiger charge is -2.18. The molecule has 10 heteroatoms. The van der Waals surface area contributed by atoms with Crippen LogP contribution in [0.1, 0.15) is 17.3 Å². The number of nitrogens with two attached hydrogens (primary N) is 2. The molecule has 0 bridgehead atoms. The molecule has 0 aromatic carbocycles. The minimum Gasteiger partial charge on any atom is -0.475 e. The number of amides is 1. The Morgan fingerprint density at radius 3 is 2.05 bits per heavy atom. The van der Waals surface area contributed by atoms with E-state index in [0.717, 1.165) is 0 Å². The van der Waals surface area contributed by atoms with Crippen molar-refractivity contribution in [1.29, 1.82) is 0 Å². The smallest absolute Gasteiger partial charge is 0.475 e. The van der Waals surface area contributed by atoms with Crippen LogP contribution >= 0.6 is 0 Å². The lowest BCUT2D eigenvalue weighted by Crippen LogP contribution is -2.55. The summed E-state index contributed by atoms with van der Waals surface area (Å²) in [6.45, 7) is 1.28. The Bertz CT molecular complexity index is 529. The first kappa shape index (κ1) is 18.5. The fourth-order valence-corrected chi connectivity index (χ4v) is 0.909. The normalized spacial score (nSPS) is 13.4. The van der Waals surface area contributed by atoms with Gasteiger partial charge in [0.15, 0.2) is 11.3 Å². The van der Waals surface area contributed by atoms with Crippen molar-refractivity contribution in [3.05, 3.63) is 30.1 Å². The SMILES string of the molecule is C[C@@](N)(C(N)=O)C(=O)c1cccnc1.O=C(O)C(F)(F)F. The maximum atomic E-state index is 11.6. The molecule has 0 aliphatic heterocycles. The quantitative estimate of drug-likeness (QED) is 0.535. The number of Topliss-reactive ketones (excluding diaryl/α,β-unsaturated/α-hetero) is 1. The zero-order chi connectivity index (χ0) is 16.8. The molecule has 0 spiro atoms. The van der Waals surface area contributed by atoms with Crippen LogP contribution in [0.5, 0.6) is 0 Å². The summed E-state index contributed by atoms with van der Waals surface area (Å²) in [5.74, 6) is -4.14. The number of pyridine rings is 1. The molecule has 7 nitrogen and oxygen atoms in total. The number of hydrogen-bond acceptors (Lipinski definition) is 5. The van der Waals surface area contributed by atoms with E-state index >= 15 is 0 Å². The van der Waals surface area contributed by atoms with Crippen LogP contribution in [0.2, 0.25) is 0 Å². The van der Waals surface area contributed by atoms with Gasteiger partial charge in [-0.25, -0.2) is 4.79 Å². The third kappa shape index (κ3) is 5.57. The minimum atomic E-state index is -5.08. The number of carbonyl (C=O) groups is 3. The van der Waals surface area contributed by atoms with Gasteiger partial charge in [-0.3, -0.25) is 14.6 Å². The Morgan fingerprint density at radius 2 is 1.76 bits per heavy atom. The first-order valence-electron chi connectivity index (χ1n) is 5.24. The van der Waals surface area contributed by atoms with Gasteiger partial charge in [0, 0.05) is 18.0 Å². The van der Waals surface area contributed by atoms with E-state index < -0.39 is 29.4 Å². The molecule has 116 valence electrons. The number of aromatic nitrogens is 1. The molecule has 0 unspecified atom stereocenters. The Labute approximate surface area is 116 Å². The van der Waals surface area contributed by atoms with Crippen molar-refractivity contribution >= 4 is 17.7 Å². The van der Waals surface area contributed by atoms with Crippen LogP contribution in [0.25, 0.3) is 0 Å². The first-order valence-corrected chi connectivity index (χ1v) is 5.24. The molecule has 1 rings (SSSR count). The van der Waals surface area contributed by atoms with Crippen LogP contribution in [-0.2, 0) is 9.59 Å². The molecule has 0 aliphatic carbocycles. The Morgan fingerprint density at radius 1 is 1.29 bits per heavy atom. The van der Waals surface area contributed by atoms with Crippen LogP contribution in [0.15, 0.2) is 24.5 Å². The number of hydrogen-bond donors (Lipinski definition) is 3. The molecule has 0 fully saturated rings. The van der Waals surface area contributed by atoms with Gasteiger partial charge < -0.3 is 16.6 Å². The number of carboxylic acid groups (broad SMARTS) is 1. The van der Waals surface area contributed by atoms with Gasteiger partial charge in [0.25, 0.3) is 0 Å². The van der Waals surface area contributed by atoms with Crippen LogP contribution in [-0.4, -0.2) is 39.5 Å². The monoisotopic (exact) mass is 307 g/mol. The molecule has 0 radical (unpaired) electrons. The van der Waals surface area contributed by atoms with Crippen molar-refractivity contribution in [2.75, 3.05) is 0 Å². The molecule has 1 amide bonds. The second-order valence-electron chi connectivity index (χ2n) is 3.94. The van der Waals surface area contributed by atoms with Crippen LogP contribution in [0, 0.1) is 0 Å². The standard InChI is InChI=1S/C9H11N3O2.C2HF3O2/c1-9(11,8(10)14)7(13)6-3-2-4-12-5-6;3-2(4,5)1(6)7/h2-5H,11H2,1H3,(H2,10,14);(H,6,7)/t9-;/m0./s1. The van der Waals surface area contributed by atoms with Crippen molar-refractivity contribution in [2.24, 2.45) is 11.5 Å². The van der Waals surface area contributed by atoms with Crippen molar-refractivity contribution in [2.45, 2.75) is 18.6 Å². The van der Waals surface area contributed by atoms with E-state index in [9.17, 15) is 22.8 Å². The van der Waals surface area contributed by atoms with Gasteiger partial charge in [-0.1, -0.05) is 0 Å². The lowest BCUT2D eigenvalue weighted by atomic mass is 9.92. The predicted molar refractivity (Wildman–Crippen MR) is 64.0 cm³/mol. The fraction of sp³-hybridized carbons (Fsp3) is 0.273. The van der Waals surface area contributed by atoms with E-state index in [0.29, 0.717) is 0 Å². The van der Waals surface area contributed by atoms with Crippen molar-refractivity contribution in [3.8, 4) is 0 Å². The highest BCUT2D eigenvalue weighted by atomic mass is 19.4. The highest BCUT2D eigenvalue weighted by molar-refractivity contribution is 6.16. The summed E-state index contributed by atoms with van der Waals surface area (Å²) in [4.78, 5) is 35.2. The Kier molecular flexibility index (Phi) is 5.99. The van der Waals surface area contributed by atoms with E-state index in [1.54, 1.807) is 6.07 Å². The van der Waals surface area contributed by atoms with Crippen LogP contribution in [0.3, 0.4) is 0 Å². The molecule has 1 atom stereocenters. The van der Waals surface area contributed by atoms with Crippen molar-refractivity contribution < 1.29 is 32.7 Å². The second kappa shape index (κ2) is 6.79.